The number of Topliss-reactive ketones (excluding diaryl/α,β-unsaturated/α-hetero) is 2. The van der Waals surface area contributed by atoms with Gasteiger partial charge in [0.05, 0.1) is 5.56 Å². The fourth-order valence-electron chi connectivity index (χ4n) is 4.36. The summed E-state index contributed by atoms with van der Waals surface area (Å²) in [7, 11) is 0. The Morgan fingerprint density at radius 2 is 1.89 bits per heavy atom. The van der Waals surface area contributed by atoms with Crippen LogP contribution in [0.1, 0.15) is 69.9 Å². The van der Waals surface area contributed by atoms with Gasteiger partial charge < -0.3 is 9.52 Å². The number of furan rings is 1. The Labute approximate surface area is 156 Å². The lowest BCUT2D eigenvalue weighted by Gasteiger charge is -2.34. The van der Waals surface area contributed by atoms with Gasteiger partial charge >= 0.3 is 5.97 Å². The van der Waals surface area contributed by atoms with Crippen LogP contribution >= 0.6 is 0 Å². The Morgan fingerprint density at radius 1 is 1.19 bits per heavy atom. The molecule has 0 saturated heterocycles. The molecule has 0 aliphatic heterocycles. The van der Waals surface area contributed by atoms with Crippen molar-refractivity contribution in [3.8, 4) is 11.3 Å². The summed E-state index contributed by atoms with van der Waals surface area (Å²) in [6.07, 6.45) is 5.04. The van der Waals surface area contributed by atoms with Gasteiger partial charge in [-0.25, -0.2) is 4.79 Å². The van der Waals surface area contributed by atoms with Crippen LogP contribution in [0.3, 0.4) is 0 Å². The number of hydrogen-bond donors (Lipinski definition) is 1. The number of carbonyl (C=O) groups is 3. The molecule has 0 bridgehead atoms. The minimum absolute atomic E-state index is 0.0410. The van der Waals surface area contributed by atoms with E-state index >= 15 is 0 Å². The molecule has 1 heterocycles. The normalized spacial score (nSPS) is 17.6. The summed E-state index contributed by atoms with van der Waals surface area (Å²) in [6.45, 7) is 5.98. The van der Waals surface area contributed by atoms with Crippen molar-refractivity contribution in [2.24, 2.45) is 0 Å². The molecule has 4 rings (SSSR count). The quantitative estimate of drug-likeness (QED) is 0.633. The van der Waals surface area contributed by atoms with Gasteiger partial charge in [0.2, 0.25) is 11.6 Å². The van der Waals surface area contributed by atoms with Crippen LogP contribution in [0.25, 0.3) is 17.4 Å². The summed E-state index contributed by atoms with van der Waals surface area (Å²) in [5.41, 5.74) is 3.85. The van der Waals surface area contributed by atoms with E-state index in [4.69, 9.17) is 9.52 Å². The fraction of sp³-hybridized carbons (Fsp3) is 0.318. The zero-order chi connectivity index (χ0) is 19.5. The Morgan fingerprint density at radius 3 is 2.59 bits per heavy atom. The van der Waals surface area contributed by atoms with E-state index in [0.717, 1.165) is 36.5 Å². The molecule has 138 valence electrons. The third-order valence-electron chi connectivity index (χ3n) is 5.74. The molecule has 27 heavy (non-hydrogen) atoms. The number of aliphatic carboxylic acids is 1. The number of carboxylic acid groups (broad SMARTS) is 1. The maximum Gasteiger partial charge on any atom is 0.328 e. The second-order valence-corrected chi connectivity index (χ2v) is 7.88. The molecule has 5 heteroatoms. The molecule has 0 fully saturated rings. The van der Waals surface area contributed by atoms with Crippen molar-refractivity contribution in [2.45, 2.75) is 45.4 Å². The lowest BCUT2D eigenvalue weighted by atomic mass is 9.69. The molecule has 1 N–H and O–H groups in total. The minimum Gasteiger partial charge on any atom is -0.478 e. The Bertz CT molecular complexity index is 1050. The molecule has 2 aliphatic rings. The first-order valence-corrected chi connectivity index (χ1v) is 9.02. The van der Waals surface area contributed by atoms with Gasteiger partial charge in [-0.3, -0.25) is 9.59 Å². The lowest BCUT2D eigenvalue weighted by Crippen LogP contribution is -2.29. The standard InChI is InChI=1S/C22H20O5/c1-11-15(8-9-16(23)24)27-21-13-6-7-14-12(5-4-10-22(14,2)3)18(13)20(26)19(25)17(11)21/h6-9H,4-5,10H2,1-3H3,(H,23,24)/b9-8+. The van der Waals surface area contributed by atoms with Crippen LogP contribution in [0.2, 0.25) is 0 Å². The summed E-state index contributed by atoms with van der Waals surface area (Å²) in [5, 5.41) is 8.85. The summed E-state index contributed by atoms with van der Waals surface area (Å²) >= 11 is 0. The highest BCUT2D eigenvalue weighted by Crippen LogP contribution is 2.45. The van der Waals surface area contributed by atoms with Gasteiger partial charge in [-0.15, -0.1) is 0 Å². The molecular formula is C22H20O5. The number of hydrogen-bond acceptors (Lipinski definition) is 4. The Hall–Kier alpha value is -2.95. The second kappa shape index (κ2) is 5.78. The predicted octanol–water partition coefficient (Wildman–Crippen LogP) is 4.35. The van der Waals surface area contributed by atoms with E-state index < -0.39 is 17.5 Å². The molecule has 1 aromatic carbocycles. The predicted molar refractivity (Wildman–Crippen MR) is 100 cm³/mol. The molecule has 0 radical (unpaired) electrons. The van der Waals surface area contributed by atoms with Gasteiger partial charge in [-0.05, 0) is 48.8 Å². The highest BCUT2D eigenvalue weighted by molar-refractivity contribution is 6.53. The zero-order valence-corrected chi connectivity index (χ0v) is 15.5. The average molecular weight is 364 g/mol. The maximum absolute atomic E-state index is 13.0. The molecule has 0 saturated carbocycles. The Balaban J connectivity index is 1.98. The highest BCUT2D eigenvalue weighted by atomic mass is 16.4. The molecule has 5 nitrogen and oxygen atoms in total. The molecule has 1 aromatic heterocycles. The number of rotatable bonds is 2. The number of ketones is 2. The lowest BCUT2D eigenvalue weighted by molar-refractivity contribution is -0.131. The third kappa shape index (κ3) is 2.49. The van der Waals surface area contributed by atoms with Crippen LogP contribution in [0, 0.1) is 6.92 Å². The minimum atomic E-state index is -1.11. The van der Waals surface area contributed by atoms with Crippen LogP contribution in [0.5, 0.6) is 0 Å². The SMILES string of the molecule is Cc1c(/C=C/C(=O)O)oc2c1C(=O)C(=O)c1c-2ccc2c1CCCC2(C)C. The van der Waals surface area contributed by atoms with Crippen LogP contribution in [0.4, 0.5) is 0 Å². The van der Waals surface area contributed by atoms with Gasteiger partial charge in [-0.2, -0.15) is 0 Å². The monoisotopic (exact) mass is 364 g/mol. The van der Waals surface area contributed by atoms with Crippen molar-refractivity contribution in [1.29, 1.82) is 0 Å². The largest absolute Gasteiger partial charge is 0.478 e. The number of carbonyl (C=O) groups excluding carboxylic acids is 2. The molecule has 0 spiro atoms. The van der Waals surface area contributed by atoms with Crippen molar-refractivity contribution in [3.05, 3.63) is 51.8 Å². The van der Waals surface area contributed by atoms with Gasteiger partial charge in [0.25, 0.3) is 0 Å². The summed E-state index contributed by atoms with van der Waals surface area (Å²) < 4.78 is 5.85. The van der Waals surface area contributed by atoms with Crippen molar-refractivity contribution in [3.63, 3.8) is 0 Å². The van der Waals surface area contributed by atoms with E-state index in [1.807, 2.05) is 12.1 Å². The molecule has 2 aliphatic carbocycles. The van der Waals surface area contributed by atoms with Gasteiger partial charge in [0, 0.05) is 22.8 Å². The number of fused-ring (bicyclic) bond motifs is 5. The zero-order valence-electron chi connectivity index (χ0n) is 15.5. The van der Waals surface area contributed by atoms with Crippen LogP contribution < -0.4 is 0 Å². The first kappa shape index (κ1) is 17.5. The first-order valence-electron chi connectivity index (χ1n) is 9.02. The third-order valence-corrected chi connectivity index (χ3v) is 5.74. The van der Waals surface area contributed by atoms with Crippen LogP contribution in [0.15, 0.2) is 22.6 Å². The summed E-state index contributed by atoms with van der Waals surface area (Å²) in [5.74, 6) is -1.53. The fourth-order valence-corrected chi connectivity index (χ4v) is 4.36. The van der Waals surface area contributed by atoms with Crippen LogP contribution in [-0.2, 0) is 16.6 Å². The van der Waals surface area contributed by atoms with E-state index in [9.17, 15) is 14.4 Å². The molecule has 0 atom stereocenters. The number of carboxylic acids is 1. The van der Waals surface area contributed by atoms with Gasteiger partial charge in [0.1, 0.15) is 11.5 Å². The molecule has 0 unspecified atom stereocenters. The number of benzene rings is 1. The first-order chi connectivity index (χ1) is 12.7. The topological polar surface area (TPSA) is 84.6 Å². The van der Waals surface area contributed by atoms with Gasteiger partial charge in [0.15, 0.2) is 0 Å². The van der Waals surface area contributed by atoms with E-state index in [0.29, 0.717) is 22.5 Å². The van der Waals surface area contributed by atoms with Crippen molar-refractivity contribution in [1.82, 2.24) is 0 Å². The van der Waals surface area contributed by atoms with E-state index in [1.54, 1.807) is 6.92 Å². The average Bonchev–Trinajstić information content (AvgIpc) is 2.93. The van der Waals surface area contributed by atoms with Crippen molar-refractivity contribution in [2.75, 3.05) is 0 Å². The molecule has 2 aromatic rings. The van der Waals surface area contributed by atoms with Crippen LogP contribution in [-0.4, -0.2) is 22.6 Å². The Kier molecular flexibility index (Phi) is 3.74. The second-order valence-electron chi connectivity index (χ2n) is 7.88. The summed E-state index contributed by atoms with van der Waals surface area (Å²) in [4.78, 5) is 36.6. The molecule has 0 amide bonds. The summed E-state index contributed by atoms with van der Waals surface area (Å²) in [6, 6.07) is 3.89. The highest BCUT2D eigenvalue weighted by Gasteiger charge is 2.40. The smallest absolute Gasteiger partial charge is 0.328 e. The van der Waals surface area contributed by atoms with Crippen molar-refractivity contribution < 1.29 is 23.9 Å². The maximum atomic E-state index is 13.0. The van der Waals surface area contributed by atoms with Gasteiger partial charge in [-0.1, -0.05) is 26.0 Å². The molecular weight excluding hydrogens is 344 g/mol. The van der Waals surface area contributed by atoms with E-state index in [2.05, 4.69) is 13.8 Å². The van der Waals surface area contributed by atoms with E-state index in [1.165, 1.54) is 6.08 Å². The van der Waals surface area contributed by atoms with E-state index in [-0.39, 0.29) is 16.7 Å². The van der Waals surface area contributed by atoms with Crippen molar-refractivity contribution >= 4 is 23.6 Å².